The molecule has 1 heterocycles. The summed E-state index contributed by atoms with van der Waals surface area (Å²) in [6.45, 7) is 4.39. The van der Waals surface area contributed by atoms with Gasteiger partial charge < -0.3 is 15.2 Å². The zero-order valence-corrected chi connectivity index (χ0v) is 14.3. The smallest absolute Gasteiger partial charge is 0.241 e. The maximum absolute atomic E-state index is 12.3. The molecule has 1 unspecified atom stereocenters. The Labute approximate surface area is 142 Å². The summed E-state index contributed by atoms with van der Waals surface area (Å²) in [7, 11) is 0. The Kier molecular flexibility index (Phi) is 7.30. The van der Waals surface area contributed by atoms with Crippen molar-refractivity contribution in [2.45, 2.75) is 38.3 Å². The summed E-state index contributed by atoms with van der Waals surface area (Å²) in [5.74, 6) is -0.00743. The van der Waals surface area contributed by atoms with Crippen LogP contribution in [-0.4, -0.2) is 54.4 Å². The van der Waals surface area contributed by atoms with Gasteiger partial charge in [0.15, 0.2) is 0 Å². The number of hydrogen-bond donors (Lipinski definition) is 2. The number of hydrogen-bond acceptors (Lipinski definition) is 4. The van der Waals surface area contributed by atoms with Gasteiger partial charge in [0.1, 0.15) is 0 Å². The number of benzene rings is 1. The second-order valence-electron chi connectivity index (χ2n) is 5.86. The van der Waals surface area contributed by atoms with Gasteiger partial charge in [0.25, 0.3) is 0 Å². The molecule has 1 aromatic rings. The molecule has 23 heavy (non-hydrogen) atoms. The van der Waals surface area contributed by atoms with Crippen LogP contribution in [0.3, 0.4) is 0 Å². The van der Waals surface area contributed by atoms with E-state index in [1.165, 1.54) is 0 Å². The lowest BCUT2D eigenvalue weighted by Gasteiger charge is -2.35. The van der Waals surface area contributed by atoms with E-state index in [1.54, 1.807) is 24.3 Å². The van der Waals surface area contributed by atoms with Crippen LogP contribution in [0.1, 0.15) is 26.2 Å². The topological polar surface area (TPSA) is 61.8 Å². The number of aliphatic hydroxyl groups excluding tert-OH is 1. The Bertz CT molecular complexity index is 487. The van der Waals surface area contributed by atoms with Crippen molar-refractivity contribution in [3.63, 3.8) is 0 Å². The van der Waals surface area contributed by atoms with E-state index in [0.717, 1.165) is 31.6 Å². The maximum Gasteiger partial charge on any atom is 0.241 e. The van der Waals surface area contributed by atoms with Crippen LogP contribution in [0.5, 0.6) is 0 Å². The van der Waals surface area contributed by atoms with Crippen molar-refractivity contribution in [3.8, 4) is 0 Å². The van der Waals surface area contributed by atoms with E-state index in [9.17, 15) is 4.79 Å². The molecule has 128 valence electrons. The Morgan fingerprint density at radius 1 is 1.39 bits per heavy atom. The molecular formula is C17H25ClN2O3. The molecule has 1 amide bonds. The molecule has 6 heteroatoms. The number of piperidine rings is 1. The van der Waals surface area contributed by atoms with Crippen molar-refractivity contribution in [1.29, 1.82) is 0 Å². The largest absolute Gasteiger partial charge is 0.396 e. The molecule has 5 nitrogen and oxygen atoms in total. The third-order valence-corrected chi connectivity index (χ3v) is 4.42. The number of amides is 1. The van der Waals surface area contributed by atoms with Gasteiger partial charge >= 0.3 is 0 Å². The van der Waals surface area contributed by atoms with Crippen molar-refractivity contribution in [1.82, 2.24) is 4.90 Å². The lowest BCUT2D eigenvalue weighted by molar-refractivity contribution is -0.121. The summed E-state index contributed by atoms with van der Waals surface area (Å²) in [6, 6.07) is 6.94. The van der Waals surface area contributed by atoms with Gasteiger partial charge in [0.2, 0.25) is 5.91 Å². The molecule has 2 rings (SSSR count). The monoisotopic (exact) mass is 340 g/mol. The summed E-state index contributed by atoms with van der Waals surface area (Å²) in [4.78, 5) is 14.5. The van der Waals surface area contributed by atoms with E-state index in [0.29, 0.717) is 18.1 Å². The first-order valence-corrected chi connectivity index (χ1v) is 8.51. The maximum atomic E-state index is 12.3. The molecule has 1 fully saturated rings. The van der Waals surface area contributed by atoms with Gasteiger partial charge in [0.05, 0.1) is 12.1 Å². The number of carbonyl (C=O) groups excluding carboxylic acids is 1. The third-order valence-electron chi connectivity index (χ3n) is 4.17. The van der Waals surface area contributed by atoms with Crippen molar-refractivity contribution < 1.29 is 14.6 Å². The summed E-state index contributed by atoms with van der Waals surface area (Å²) < 4.78 is 5.72. The number of rotatable bonds is 7. The van der Waals surface area contributed by atoms with Crippen molar-refractivity contribution in [3.05, 3.63) is 29.3 Å². The third kappa shape index (κ3) is 5.77. The molecule has 0 aliphatic carbocycles. The molecule has 0 radical (unpaired) electrons. The van der Waals surface area contributed by atoms with E-state index in [-0.39, 0.29) is 24.7 Å². The Morgan fingerprint density at radius 3 is 2.65 bits per heavy atom. The van der Waals surface area contributed by atoms with Crippen molar-refractivity contribution >= 4 is 23.2 Å². The lowest BCUT2D eigenvalue weighted by Crippen LogP contribution is -2.47. The van der Waals surface area contributed by atoms with Gasteiger partial charge in [-0.3, -0.25) is 9.69 Å². The number of nitrogens with zero attached hydrogens (tertiary/aromatic N) is 1. The Hall–Kier alpha value is -1.14. The second-order valence-corrected chi connectivity index (χ2v) is 6.29. The predicted molar refractivity (Wildman–Crippen MR) is 91.8 cm³/mol. The van der Waals surface area contributed by atoms with Gasteiger partial charge in [-0.2, -0.15) is 0 Å². The molecule has 2 N–H and O–H groups in total. The number of halogens is 1. The van der Waals surface area contributed by atoms with Crippen LogP contribution >= 0.6 is 11.6 Å². The summed E-state index contributed by atoms with van der Waals surface area (Å²) in [5.41, 5.74) is 0.758. The zero-order valence-electron chi connectivity index (χ0n) is 13.5. The fourth-order valence-electron chi connectivity index (χ4n) is 2.69. The molecule has 0 aromatic heterocycles. The highest BCUT2D eigenvalue weighted by atomic mass is 35.5. The lowest BCUT2D eigenvalue weighted by atomic mass is 10.1. The zero-order chi connectivity index (χ0) is 16.7. The fraction of sp³-hybridized carbons (Fsp3) is 0.588. The molecule has 0 spiro atoms. The van der Waals surface area contributed by atoms with Gasteiger partial charge in [-0.25, -0.2) is 0 Å². The van der Waals surface area contributed by atoms with E-state index in [2.05, 4.69) is 10.2 Å². The number of aliphatic hydroxyl groups is 1. The van der Waals surface area contributed by atoms with Crippen molar-refractivity contribution in [2.75, 3.05) is 31.6 Å². The molecule has 1 aliphatic heterocycles. The van der Waals surface area contributed by atoms with Crippen LogP contribution in [0.25, 0.3) is 0 Å². The first-order valence-electron chi connectivity index (χ1n) is 8.13. The minimum Gasteiger partial charge on any atom is -0.396 e. The van der Waals surface area contributed by atoms with Crippen LogP contribution in [0.4, 0.5) is 5.69 Å². The Balaban J connectivity index is 1.76. The number of anilines is 1. The second kappa shape index (κ2) is 9.23. The van der Waals surface area contributed by atoms with Crippen LogP contribution < -0.4 is 5.32 Å². The van der Waals surface area contributed by atoms with Gasteiger partial charge in [-0.15, -0.1) is 0 Å². The van der Waals surface area contributed by atoms with E-state index >= 15 is 0 Å². The minimum atomic E-state index is -0.177. The SMILES string of the molecule is CC(C(=O)Nc1ccc(Cl)cc1)N1CCC(OCCCO)CC1. The Morgan fingerprint density at radius 2 is 2.04 bits per heavy atom. The highest BCUT2D eigenvalue weighted by molar-refractivity contribution is 6.30. The predicted octanol–water partition coefficient (Wildman–Crippen LogP) is 2.53. The molecule has 0 bridgehead atoms. The molecular weight excluding hydrogens is 316 g/mol. The summed E-state index contributed by atoms with van der Waals surface area (Å²) in [5, 5.41) is 12.3. The normalized spacial score (nSPS) is 17.9. The first kappa shape index (κ1) is 18.2. The van der Waals surface area contributed by atoms with E-state index in [1.807, 2.05) is 6.92 Å². The van der Waals surface area contributed by atoms with Gasteiger partial charge in [-0.1, -0.05) is 11.6 Å². The fourth-order valence-corrected chi connectivity index (χ4v) is 2.82. The highest BCUT2D eigenvalue weighted by Gasteiger charge is 2.26. The highest BCUT2D eigenvalue weighted by Crippen LogP contribution is 2.18. The van der Waals surface area contributed by atoms with Gasteiger partial charge in [-0.05, 0) is 50.5 Å². The van der Waals surface area contributed by atoms with Crippen LogP contribution in [-0.2, 0) is 9.53 Å². The number of likely N-dealkylation sites (tertiary alicyclic amines) is 1. The summed E-state index contributed by atoms with van der Waals surface area (Å²) >= 11 is 5.84. The molecule has 0 saturated carbocycles. The average molecular weight is 341 g/mol. The standard InChI is InChI=1S/C17H25ClN2O3/c1-13(17(22)19-15-5-3-14(18)4-6-15)20-9-7-16(8-10-20)23-12-2-11-21/h3-6,13,16,21H,2,7-12H2,1H3,(H,19,22). The van der Waals surface area contributed by atoms with E-state index in [4.69, 9.17) is 21.4 Å². The molecule has 1 aliphatic rings. The van der Waals surface area contributed by atoms with Crippen molar-refractivity contribution in [2.24, 2.45) is 0 Å². The molecule has 1 saturated heterocycles. The number of ether oxygens (including phenoxy) is 1. The number of nitrogens with one attached hydrogen (secondary N) is 1. The first-order chi connectivity index (χ1) is 11.1. The average Bonchev–Trinajstić information content (AvgIpc) is 2.57. The molecule has 1 aromatic carbocycles. The van der Waals surface area contributed by atoms with Crippen LogP contribution in [0, 0.1) is 0 Å². The summed E-state index contributed by atoms with van der Waals surface area (Å²) in [6.07, 6.45) is 2.76. The molecule has 1 atom stereocenters. The minimum absolute atomic E-state index is 0.00743. The van der Waals surface area contributed by atoms with Crippen LogP contribution in [0.15, 0.2) is 24.3 Å². The van der Waals surface area contributed by atoms with E-state index < -0.39 is 0 Å². The number of carbonyl (C=O) groups is 1. The van der Waals surface area contributed by atoms with Gasteiger partial charge in [0, 0.05) is 37.0 Å². The quantitative estimate of drug-likeness (QED) is 0.749. The van der Waals surface area contributed by atoms with Crippen LogP contribution in [0.2, 0.25) is 5.02 Å².